The van der Waals surface area contributed by atoms with Crippen LogP contribution in [0.2, 0.25) is 0 Å². The number of ether oxygens (including phenoxy) is 1. The fourth-order valence-corrected chi connectivity index (χ4v) is 4.87. The third-order valence-electron chi connectivity index (χ3n) is 6.85. The Labute approximate surface area is 233 Å². The van der Waals surface area contributed by atoms with Gasteiger partial charge in [-0.3, -0.25) is 14.4 Å². The number of halogens is 1. The highest BCUT2D eigenvalue weighted by Crippen LogP contribution is 2.43. The molecule has 2 unspecified atom stereocenters. The van der Waals surface area contributed by atoms with E-state index in [-0.39, 0.29) is 18.2 Å². The Morgan fingerprint density at radius 2 is 2.00 bits per heavy atom. The third-order valence-corrected chi connectivity index (χ3v) is 6.85. The fourth-order valence-electron chi connectivity index (χ4n) is 4.87. The predicted molar refractivity (Wildman–Crippen MR) is 149 cm³/mol. The van der Waals surface area contributed by atoms with Crippen molar-refractivity contribution in [1.29, 1.82) is 5.26 Å². The maximum atomic E-state index is 14.0. The minimum atomic E-state index is -0.832. The molecule has 10 heteroatoms. The predicted octanol–water partition coefficient (Wildman–Crippen LogP) is 4.20. The van der Waals surface area contributed by atoms with Crippen LogP contribution >= 0.6 is 0 Å². The van der Waals surface area contributed by atoms with Gasteiger partial charge >= 0.3 is 0 Å². The Morgan fingerprint density at radius 1 is 1.25 bits per heavy atom. The van der Waals surface area contributed by atoms with Crippen LogP contribution in [0.1, 0.15) is 61.1 Å². The van der Waals surface area contributed by atoms with Gasteiger partial charge in [0.15, 0.2) is 12.0 Å². The van der Waals surface area contributed by atoms with Gasteiger partial charge in [0.1, 0.15) is 11.6 Å². The standard InChI is InChI=1S/C30H34FN5O4/c1-19-13-22(9-11-26(19)40-24(17-37)14-20(2)35-33-5)29(39)34-16-28(38)36-25(21-7-6-8-23(31)15-21)10-12-27(36)30(3,4)18-32/h6-9,11,13-15,17,25,27,33H,10,12,16H2,1-5H3,(H,34,39)/b24-14+,35-20-. The second kappa shape index (κ2) is 13.0. The summed E-state index contributed by atoms with van der Waals surface area (Å²) in [6.07, 6.45) is 3.21. The van der Waals surface area contributed by atoms with Crippen molar-refractivity contribution in [3.05, 3.63) is 76.8 Å². The Hall–Kier alpha value is -4.52. The number of hydrogen-bond donors (Lipinski definition) is 2. The molecule has 1 fully saturated rings. The molecule has 2 aromatic rings. The molecular weight excluding hydrogens is 513 g/mol. The van der Waals surface area contributed by atoms with Gasteiger partial charge in [-0.25, -0.2) is 4.39 Å². The minimum absolute atomic E-state index is 0.0516. The maximum Gasteiger partial charge on any atom is 0.251 e. The molecule has 2 N–H and O–H groups in total. The maximum absolute atomic E-state index is 14.0. The van der Waals surface area contributed by atoms with E-state index in [1.54, 1.807) is 63.9 Å². The number of carbonyl (C=O) groups excluding carboxylic acids is 3. The van der Waals surface area contributed by atoms with Crippen LogP contribution in [0.15, 0.2) is 59.4 Å². The summed E-state index contributed by atoms with van der Waals surface area (Å²) in [5.41, 5.74) is 3.90. The SMILES string of the molecule is CN/N=C(C)\C=C(/C=O)Oc1ccc(C(=O)NCC(=O)N2C(c3cccc(F)c3)CCC2C(C)(C)C#N)cc1C. The van der Waals surface area contributed by atoms with Gasteiger partial charge in [-0.15, -0.1) is 0 Å². The van der Waals surface area contributed by atoms with Crippen LogP contribution in [0.3, 0.4) is 0 Å². The van der Waals surface area contributed by atoms with Crippen molar-refractivity contribution in [3.63, 3.8) is 0 Å². The van der Waals surface area contributed by atoms with Crippen molar-refractivity contribution in [3.8, 4) is 11.8 Å². The van der Waals surface area contributed by atoms with Crippen molar-refractivity contribution in [2.24, 2.45) is 10.5 Å². The number of likely N-dealkylation sites (tertiary alicyclic amines) is 1. The number of rotatable bonds is 10. The van der Waals surface area contributed by atoms with Crippen molar-refractivity contribution < 1.29 is 23.5 Å². The Bertz CT molecular complexity index is 1380. The topological polar surface area (TPSA) is 124 Å². The van der Waals surface area contributed by atoms with E-state index in [9.17, 15) is 24.0 Å². The molecule has 9 nitrogen and oxygen atoms in total. The van der Waals surface area contributed by atoms with Crippen LogP contribution in [0, 0.1) is 29.5 Å². The highest BCUT2D eigenvalue weighted by Gasteiger charge is 2.45. The highest BCUT2D eigenvalue weighted by molar-refractivity contribution is 5.97. The van der Waals surface area contributed by atoms with E-state index in [4.69, 9.17) is 4.74 Å². The number of hydrazone groups is 1. The van der Waals surface area contributed by atoms with Crippen LogP contribution in [0.4, 0.5) is 4.39 Å². The van der Waals surface area contributed by atoms with Gasteiger partial charge in [0, 0.05) is 18.7 Å². The molecule has 2 amide bonds. The summed E-state index contributed by atoms with van der Waals surface area (Å²) in [4.78, 5) is 39.4. The molecule has 1 heterocycles. The number of aryl methyl sites for hydroxylation is 1. The van der Waals surface area contributed by atoms with Crippen LogP contribution in [0.5, 0.6) is 5.75 Å². The largest absolute Gasteiger partial charge is 0.454 e. The molecule has 210 valence electrons. The van der Waals surface area contributed by atoms with Crippen molar-refractivity contribution >= 4 is 23.8 Å². The van der Waals surface area contributed by atoms with E-state index in [0.29, 0.717) is 47.3 Å². The summed E-state index contributed by atoms with van der Waals surface area (Å²) in [7, 11) is 1.64. The molecule has 0 aromatic heterocycles. The summed E-state index contributed by atoms with van der Waals surface area (Å²) < 4.78 is 19.6. The van der Waals surface area contributed by atoms with E-state index >= 15 is 0 Å². The first-order chi connectivity index (χ1) is 19.0. The van der Waals surface area contributed by atoms with Gasteiger partial charge in [-0.1, -0.05) is 12.1 Å². The molecule has 0 aliphatic carbocycles. The molecule has 1 aliphatic heterocycles. The van der Waals surface area contributed by atoms with Gasteiger partial charge in [-0.05, 0) is 82.0 Å². The fraction of sp³-hybridized carbons (Fsp3) is 0.367. The van der Waals surface area contributed by atoms with Crippen molar-refractivity contribution in [2.45, 2.75) is 52.6 Å². The number of amides is 2. The Morgan fingerprint density at radius 3 is 2.62 bits per heavy atom. The molecule has 0 spiro atoms. The first-order valence-corrected chi connectivity index (χ1v) is 12.9. The number of carbonyl (C=O) groups is 3. The first-order valence-electron chi connectivity index (χ1n) is 12.9. The smallest absolute Gasteiger partial charge is 0.251 e. The number of nitrogens with zero attached hydrogens (tertiary/aromatic N) is 3. The number of nitriles is 1. The average molecular weight is 548 g/mol. The lowest BCUT2D eigenvalue weighted by molar-refractivity contribution is -0.134. The van der Waals surface area contributed by atoms with Gasteiger partial charge in [0.25, 0.3) is 5.91 Å². The molecular formula is C30H34FN5O4. The van der Waals surface area contributed by atoms with Crippen LogP contribution < -0.4 is 15.5 Å². The minimum Gasteiger partial charge on any atom is -0.454 e. The van der Waals surface area contributed by atoms with Crippen LogP contribution in [-0.2, 0) is 9.59 Å². The normalized spacial score (nSPS) is 17.7. The zero-order valence-corrected chi connectivity index (χ0v) is 23.3. The lowest BCUT2D eigenvalue weighted by Crippen LogP contribution is -2.48. The van der Waals surface area contributed by atoms with E-state index < -0.39 is 29.2 Å². The molecule has 0 bridgehead atoms. The summed E-state index contributed by atoms with van der Waals surface area (Å²) >= 11 is 0. The van der Waals surface area contributed by atoms with E-state index in [2.05, 4.69) is 21.9 Å². The van der Waals surface area contributed by atoms with E-state index in [1.807, 2.05) is 0 Å². The summed E-state index contributed by atoms with van der Waals surface area (Å²) in [5.74, 6) is -0.787. The van der Waals surface area contributed by atoms with Gasteiger partial charge in [-0.2, -0.15) is 10.4 Å². The molecule has 1 saturated heterocycles. The molecule has 3 rings (SSSR count). The summed E-state index contributed by atoms with van der Waals surface area (Å²) in [5, 5.41) is 16.4. The zero-order chi connectivity index (χ0) is 29.4. The Balaban J connectivity index is 1.75. The molecule has 2 aromatic carbocycles. The summed E-state index contributed by atoms with van der Waals surface area (Å²) in [6.45, 7) is 6.70. The number of nitrogens with one attached hydrogen (secondary N) is 2. The third kappa shape index (κ3) is 7.11. The molecule has 0 radical (unpaired) electrons. The number of allylic oxidation sites excluding steroid dienone is 2. The first kappa shape index (κ1) is 30.0. The second-order valence-electron chi connectivity index (χ2n) is 10.2. The lowest BCUT2D eigenvalue weighted by Gasteiger charge is -2.36. The summed E-state index contributed by atoms with van der Waals surface area (Å²) in [6, 6.07) is 12.3. The van der Waals surface area contributed by atoms with Gasteiger partial charge in [0.05, 0.1) is 35.8 Å². The highest BCUT2D eigenvalue weighted by atomic mass is 19.1. The monoisotopic (exact) mass is 547 g/mol. The van der Waals surface area contributed by atoms with E-state index in [0.717, 1.165) is 0 Å². The molecule has 0 saturated carbocycles. The second-order valence-corrected chi connectivity index (χ2v) is 10.2. The molecule has 40 heavy (non-hydrogen) atoms. The zero-order valence-electron chi connectivity index (χ0n) is 23.3. The van der Waals surface area contributed by atoms with Gasteiger partial charge < -0.3 is 20.4 Å². The molecule has 2 atom stereocenters. The van der Waals surface area contributed by atoms with Crippen molar-refractivity contribution in [1.82, 2.24) is 15.6 Å². The van der Waals surface area contributed by atoms with Crippen molar-refractivity contribution in [2.75, 3.05) is 13.6 Å². The van der Waals surface area contributed by atoms with E-state index in [1.165, 1.54) is 24.3 Å². The Kier molecular flexibility index (Phi) is 9.78. The molecule has 1 aliphatic rings. The number of hydrogen-bond acceptors (Lipinski definition) is 7. The number of benzene rings is 2. The van der Waals surface area contributed by atoms with Crippen LogP contribution in [-0.4, -0.2) is 48.3 Å². The van der Waals surface area contributed by atoms with Gasteiger partial charge in [0.2, 0.25) is 5.91 Å². The lowest BCUT2D eigenvalue weighted by atomic mass is 9.84. The quantitative estimate of drug-likeness (QED) is 0.151. The number of aldehydes is 1. The average Bonchev–Trinajstić information content (AvgIpc) is 3.38. The van der Waals surface area contributed by atoms with Crippen LogP contribution in [0.25, 0.3) is 0 Å².